The second-order valence-corrected chi connectivity index (χ2v) is 8.29. The van der Waals surface area contributed by atoms with Gasteiger partial charge in [0.1, 0.15) is 23.6 Å². The summed E-state index contributed by atoms with van der Waals surface area (Å²) in [7, 11) is 0. The SMILES string of the molecule is Cc1ccc(NC(=O)[C@@]2(C)COc3cc4c(cc32)OC(F)(F)O4)nc1-c1cccc(C(=O)O)c1. The summed E-state index contributed by atoms with van der Waals surface area (Å²) in [4.78, 5) is 29.1. The number of amides is 1. The number of benzene rings is 2. The summed E-state index contributed by atoms with van der Waals surface area (Å²) in [5.74, 6) is -1.37. The number of carboxylic acids is 1. The maximum atomic E-state index is 13.4. The smallest absolute Gasteiger partial charge is 0.492 e. The highest BCUT2D eigenvalue weighted by molar-refractivity contribution is 6.00. The lowest BCUT2D eigenvalue weighted by Crippen LogP contribution is -2.39. The molecule has 0 bridgehead atoms. The molecule has 0 fully saturated rings. The number of ether oxygens (including phenoxy) is 3. The number of nitrogens with zero attached hydrogens (tertiary/aromatic N) is 1. The van der Waals surface area contributed by atoms with Crippen molar-refractivity contribution in [2.45, 2.75) is 25.6 Å². The Hall–Kier alpha value is -4.21. The highest BCUT2D eigenvalue weighted by atomic mass is 19.3. The van der Waals surface area contributed by atoms with Crippen molar-refractivity contribution in [3.63, 3.8) is 0 Å². The molecular weight excluding hydrogens is 450 g/mol. The number of nitrogens with one attached hydrogen (secondary N) is 1. The summed E-state index contributed by atoms with van der Waals surface area (Å²) in [6.07, 6.45) is -3.78. The molecule has 1 atom stereocenters. The number of fused-ring (bicyclic) bond motifs is 2. The lowest BCUT2D eigenvalue weighted by Gasteiger charge is -2.22. The zero-order valence-corrected chi connectivity index (χ0v) is 18.0. The number of halogens is 2. The van der Waals surface area contributed by atoms with Crippen molar-refractivity contribution < 1.29 is 37.7 Å². The Labute approximate surface area is 192 Å². The maximum absolute atomic E-state index is 13.4. The molecule has 34 heavy (non-hydrogen) atoms. The van der Waals surface area contributed by atoms with E-state index in [0.29, 0.717) is 16.8 Å². The van der Waals surface area contributed by atoms with Crippen LogP contribution >= 0.6 is 0 Å². The van der Waals surface area contributed by atoms with Gasteiger partial charge in [-0.15, -0.1) is 8.78 Å². The van der Waals surface area contributed by atoms with Crippen LogP contribution in [0.3, 0.4) is 0 Å². The van der Waals surface area contributed by atoms with Gasteiger partial charge in [0.15, 0.2) is 11.5 Å². The Morgan fingerprint density at radius 3 is 2.53 bits per heavy atom. The Kier molecular flexibility index (Phi) is 4.71. The van der Waals surface area contributed by atoms with Crippen LogP contribution < -0.4 is 19.5 Å². The minimum atomic E-state index is -3.78. The van der Waals surface area contributed by atoms with Gasteiger partial charge in [-0.2, -0.15) is 0 Å². The molecule has 2 aliphatic rings. The van der Waals surface area contributed by atoms with Crippen molar-refractivity contribution in [3.05, 3.63) is 65.2 Å². The third-order valence-corrected chi connectivity index (χ3v) is 5.84. The van der Waals surface area contributed by atoms with E-state index in [0.717, 1.165) is 5.56 Å². The first-order chi connectivity index (χ1) is 16.1. The highest BCUT2D eigenvalue weighted by Crippen LogP contribution is 2.50. The lowest BCUT2D eigenvalue weighted by atomic mass is 9.83. The molecule has 3 aromatic rings. The Morgan fingerprint density at radius 1 is 1.06 bits per heavy atom. The van der Waals surface area contributed by atoms with Crippen LogP contribution in [0.1, 0.15) is 28.4 Å². The molecule has 2 N–H and O–H groups in total. The van der Waals surface area contributed by atoms with Gasteiger partial charge < -0.3 is 24.6 Å². The Bertz CT molecular complexity index is 1360. The van der Waals surface area contributed by atoms with E-state index in [9.17, 15) is 23.5 Å². The van der Waals surface area contributed by atoms with Crippen molar-refractivity contribution >= 4 is 17.7 Å². The largest absolute Gasteiger partial charge is 0.586 e. The number of hydrogen-bond acceptors (Lipinski definition) is 6. The Morgan fingerprint density at radius 2 is 1.79 bits per heavy atom. The fraction of sp³-hybridized carbons (Fsp3) is 0.208. The molecular formula is C24H18F2N2O6. The van der Waals surface area contributed by atoms with Crippen molar-refractivity contribution in [2.24, 2.45) is 0 Å². The van der Waals surface area contributed by atoms with Crippen LogP contribution in [-0.2, 0) is 10.2 Å². The molecule has 0 unspecified atom stereocenters. The number of pyridine rings is 1. The van der Waals surface area contributed by atoms with Crippen molar-refractivity contribution in [3.8, 4) is 28.5 Å². The summed E-state index contributed by atoms with van der Waals surface area (Å²) in [5, 5.41) is 12.0. The van der Waals surface area contributed by atoms with Crippen LogP contribution in [0.25, 0.3) is 11.3 Å². The molecule has 2 aliphatic heterocycles. The van der Waals surface area contributed by atoms with E-state index in [-0.39, 0.29) is 35.2 Å². The molecule has 1 aromatic heterocycles. The molecule has 0 saturated carbocycles. The van der Waals surface area contributed by atoms with E-state index in [1.807, 2.05) is 6.92 Å². The van der Waals surface area contributed by atoms with Crippen LogP contribution in [0.4, 0.5) is 14.6 Å². The first-order valence-corrected chi connectivity index (χ1v) is 10.3. The predicted molar refractivity (Wildman–Crippen MR) is 115 cm³/mol. The molecule has 0 saturated heterocycles. The summed E-state index contributed by atoms with van der Waals surface area (Å²) in [6.45, 7) is 3.43. The molecule has 174 valence electrons. The summed E-state index contributed by atoms with van der Waals surface area (Å²) >= 11 is 0. The number of aryl methyl sites for hydroxylation is 1. The molecule has 0 aliphatic carbocycles. The fourth-order valence-electron chi connectivity index (χ4n) is 3.96. The number of anilines is 1. The molecule has 1 amide bonds. The second kappa shape index (κ2) is 7.41. The van der Waals surface area contributed by atoms with E-state index < -0.39 is 23.6 Å². The fourth-order valence-corrected chi connectivity index (χ4v) is 3.96. The van der Waals surface area contributed by atoms with Gasteiger partial charge in [-0.1, -0.05) is 18.2 Å². The summed E-state index contributed by atoms with van der Waals surface area (Å²) in [6, 6.07) is 12.3. The summed E-state index contributed by atoms with van der Waals surface area (Å²) < 4.78 is 41.4. The van der Waals surface area contributed by atoms with Crippen LogP contribution in [-0.4, -0.2) is 34.9 Å². The van der Waals surface area contributed by atoms with Crippen LogP contribution in [0.15, 0.2) is 48.5 Å². The van der Waals surface area contributed by atoms with Gasteiger partial charge in [0.25, 0.3) is 0 Å². The number of carbonyl (C=O) groups is 2. The van der Waals surface area contributed by atoms with Gasteiger partial charge in [-0.3, -0.25) is 4.79 Å². The molecule has 5 rings (SSSR count). The number of carboxylic acid groups (broad SMARTS) is 1. The van der Waals surface area contributed by atoms with Gasteiger partial charge in [0.05, 0.1) is 11.3 Å². The number of hydrogen-bond donors (Lipinski definition) is 2. The quantitative estimate of drug-likeness (QED) is 0.586. The average molecular weight is 468 g/mol. The third kappa shape index (κ3) is 3.57. The normalized spacial score (nSPS) is 19.3. The highest BCUT2D eigenvalue weighted by Gasteiger charge is 2.49. The molecule has 10 heteroatoms. The lowest BCUT2D eigenvalue weighted by molar-refractivity contribution is -0.286. The van der Waals surface area contributed by atoms with Crippen molar-refractivity contribution in [2.75, 3.05) is 11.9 Å². The average Bonchev–Trinajstić information content (AvgIpc) is 3.28. The topological polar surface area (TPSA) is 107 Å². The molecule has 8 nitrogen and oxygen atoms in total. The number of aromatic carboxylic acids is 1. The van der Waals surface area contributed by atoms with Crippen LogP contribution in [0.2, 0.25) is 0 Å². The van der Waals surface area contributed by atoms with Crippen LogP contribution in [0.5, 0.6) is 17.2 Å². The van der Waals surface area contributed by atoms with Crippen LogP contribution in [0, 0.1) is 6.92 Å². The minimum absolute atomic E-state index is 0.0210. The van der Waals surface area contributed by atoms with E-state index in [1.54, 1.807) is 31.2 Å². The summed E-state index contributed by atoms with van der Waals surface area (Å²) in [5.41, 5.74) is 1.18. The first-order valence-electron chi connectivity index (χ1n) is 10.3. The zero-order valence-electron chi connectivity index (χ0n) is 18.0. The zero-order chi connectivity index (χ0) is 24.3. The minimum Gasteiger partial charge on any atom is -0.492 e. The van der Waals surface area contributed by atoms with Gasteiger partial charge in [0, 0.05) is 17.2 Å². The van der Waals surface area contributed by atoms with E-state index >= 15 is 0 Å². The van der Waals surface area contributed by atoms with Gasteiger partial charge in [0.2, 0.25) is 5.91 Å². The molecule has 3 heterocycles. The van der Waals surface area contributed by atoms with E-state index in [2.05, 4.69) is 19.8 Å². The van der Waals surface area contributed by atoms with E-state index in [1.165, 1.54) is 24.3 Å². The van der Waals surface area contributed by atoms with Crippen molar-refractivity contribution in [1.29, 1.82) is 0 Å². The first kappa shape index (κ1) is 21.6. The molecule has 2 aromatic carbocycles. The second-order valence-electron chi connectivity index (χ2n) is 8.29. The van der Waals surface area contributed by atoms with Gasteiger partial charge >= 0.3 is 12.3 Å². The standard InChI is InChI=1S/C24H18F2N2O6/c1-12-6-7-19(27-20(12)13-4-3-5-14(8-13)21(29)30)28-22(31)23(2)11-32-16-10-18-17(9-15(16)23)33-24(25,26)34-18/h3-10H,11H2,1-2H3,(H,29,30)(H,27,28,31)/t23-/m0/s1. The maximum Gasteiger partial charge on any atom is 0.586 e. The number of aromatic nitrogens is 1. The monoisotopic (exact) mass is 468 g/mol. The molecule has 0 spiro atoms. The number of rotatable bonds is 4. The van der Waals surface area contributed by atoms with Crippen molar-refractivity contribution in [1.82, 2.24) is 4.98 Å². The Balaban J connectivity index is 1.44. The number of alkyl halides is 2. The van der Waals surface area contributed by atoms with E-state index in [4.69, 9.17) is 4.74 Å². The van der Waals surface area contributed by atoms with Gasteiger partial charge in [-0.25, -0.2) is 9.78 Å². The van der Waals surface area contributed by atoms with Gasteiger partial charge in [-0.05, 0) is 43.7 Å². The third-order valence-electron chi connectivity index (χ3n) is 5.84. The molecule has 0 radical (unpaired) electrons. The number of carbonyl (C=O) groups excluding carboxylic acids is 1. The predicted octanol–water partition coefficient (Wildman–Crippen LogP) is 4.37.